The van der Waals surface area contributed by atoms with E-state index < -0.39 is 5.97 Å². The normalized spacial score (nSPS) is 10.0. The van der Waals surface area contributed by atoms with E-state index in [4.69, 9.17) is 21.4 Å². The third-order valence-electron chi connectivity index (χ3n) is 1.32. The predicted molar refractivity (Wildman–Crippen MR) is 52.1 cm³/mol. The van der Waals surface area contributed by atoms with Crippen LogP contribution in [0.15, 0.2) is 6.07 Å². The summed E-state index contributed by atoms with van der Waals surface area (Å²) in [6.07, 6.45) is 0.840. The standard InChI is InChI=1S/C8H9ClO3S/c1-2-3-12-5-4-6(9)13-7(5)8(10)11/h4H,2-3H2,1H3,(H,10,11). The van der Waals surface area contributed by atoms with Crippen LogP contribution in [0.3, 0.4) is 0 Å². The molecule has 13 heavy (non-hydrogen) atoms. The van der Waals surface area contributed by atoms with Crippen LogP contribution in [0.4, 0.5) is 0 Å². The summed E-state index contributed by atoms with van der Waals surface area (Å²) in [5.41, 5.74) is 0. The molecule has 0 aliphatic rings. The number of rotatable bonds is 4. The molecule has 0 amide bonds. The Hall–Kier alpha value is -0.740. The summed E-state index contributed by atoms with van der Waals surface area (Å²) in [7, 11) is 0. The van der Waals surface area contributed by atoms with E-state index >= 15 is 0 Å². The van der Waals surface area contributed by atoms with E-state index in [1.807, 2.05) is 6.92 Å². The molecule has 5 heteroatoms. The Morgan fingerprint density at radius 1 is 1.77 bits per heavy atom. The van der Waals surface area contributed by atoms with E-state index in [0.717, 1.165) is 17.8 Å². The molecule has 0 fully saturated rings. The molecule has 0 aliphatic carbocycles. The number of carboxylic acid groups (broad SMARTS) is 1. The fourth-order valence-corrected chi connectivity index (χ4v) is 1.81. The smallest absolute Gasteiger partial charge is 0.349 e. The molecule has 0 aliphatic heterocycles. The first-order chi connectivity index (χ1) is 6.15. The van der Waals surface area contributed by atoms with Crippen molar-refractivity contribution in [2.45, 2.75) is 13.3 Å². The molecule has 0 saturated heterocycles. The zero-order valence-electron chi connectivity index (χ0n) is 7.04. The zero-order chi connectivity index (χ0) is 9.84. The number of carboxylic acids is 1. The van der Waals surface area contributed by atoms with Gasteiger partial charge in [0, 0.05) is 6.07 Å². The van der Waals surface area contributed by atoms with E-state index in [-0.39, 0.29) is 4.88 Å². The lowest BCUT2D eigenvalue weighted by atomic mass is 10.4. The van der Waals surface area contributed by atoms with E-state index in [2.05, 4.69) is 0 Å². The zero-order valence-corrected chi connectivity index (χ0v) is 8.61. The minimum atomic E-state index is -0.997. The Balaban J connectivity index is 2.84. The quantitative estimate of drug-likeness (QED) is 0.849. The van der Waals surface area contributed by atoms with E-state index in [1.54, 1.807) is 0 Å². The van der Waals surface area contributed by atoms with Gasteiger partial charge in [-0.2, -0.15) is 0 Å². The highest BCUT2D eigenvalue weighted by Crippen LogP contribution is 2.32. The molecule has 72 valence electrons. The second-order valence-electron chi connectivity index (χ2n) is 2.40. The summed E-state index contributed by atoms with van der Waals surface area (Å²) < 4.78 is 5.65. The van der Waals surface area contributed by atoms with Crippen LogP contribution < -0.4 is 4.74 Å². The molecule has 1 N–H and O–H groups in total. The minimum absolute atomic E-state index is 0.165. The molecule has 3 nitrogen and oxygen atoms in total. The first kappa shape index (κ1) is 10.3. The maximum absolute atomic E-state index is 10.7. The number of halogens is 1. The summed E-state index contributed by atoms with van der Waals surface area (Å²) in [6, 6.07) is 1.53. The van der Waals surface area contributed by atoms with Gasteiger partial charge in [-0.15, -0.1) is 11.3 Å². The van der Waals surface area contributed by atoms with Crippen LogP contribution in [-0.2, 0) is 0 Å². The maximum Gasteiger partial charge on any atom is 0.349 e. The van der Waals surface area contributed by atoms with Crippen molar-refractivity contribution in [3.63, 3.8) is 0 Å². The molecule has 0 saturated carbocycles. The molecule has 0 aromatic carbocycles. The van der Waals surface area contributed by atoms with Crippen LogP contribution in [0.2, 0.25) is 4.34 Å². The van der Waals surface area contributed by atoms with Crippen LogP contribution in [0.5, 0.6) is 5.75 Å². The van der Waals surface area contributed by atoms with Crippen LogP contribution >= 0.6 is 22.9 Å². The Morgan fingerprint density at radius 3 is 3.00 bits per heavy atom. The largest absolute Gasteiger partial charge is 0.492 e. The van der Waals surface area contributed by atoms with Gasteiger partial charge < -0.3 is 9.84 Å². The van der Waals surface area contributed by atoms with E-state index in [1.165, 1.54) is 6.07 Å². The first-order valence-electron chi connectivity index (χ1n) is 3.80. The molecular weight excluding hydrogens is 212 g/mol. The van der Waals surface area contributed by atoms with Crippen molar-refractivity contribution in [2.75, 3.05) is 6.61 Å². The molecule has 1 rings (SSSR count). The Morgan fingerprint density at radius 2 is 2.46 bits per heavy atom. The van der Waals surface area contributed by atoms with E-state index in [0.29, 0.717) is 16.7 Å². The first-order valence-corrected chi connectivity index (χ1v) is 5.00. The molecule has 0 atom stereocenters. The average Bonchev–Trinajstić information content (AvgIpc) is 2.43. The Bertz CT molecular complexity index is 308. The third-order valence-corrected chi connectivity index (χ3v) is 2.56. The Kier molecular flexibility index (Phi) is 3.57. The lowest BCUT2D eigenvalue weighted by molar-refractivity contribution is 0.0698. The predicted octanol–water partition coefficient (Wildman–Crippen LogP) is 2.89. The Labute approximate surface area is 84.9 Å². The number of thiophene rings is 1. The fourth-order valence-electron chi connectivity index (χ4n) is 0.814. The van der Waals surface area contributed by atoms with Crippen molar-refractivity contribution in [2.24, 2.45) is 0 Å². The average molecular weight is 221 g/mol. The molecule has 1 aromatic rings. The van der Waals surface area contributed by atoms with Gasteiger partial charge in [-0.25, -0.2) is 4.79 Å². The monoisotopic (exact) mass is 220 g/mol. The number of ether oxygens (including phenoxy) is 1. The fraction of sp³-hybridized carbons (Fsp3) is 0.375. The maximum atomic E-state index is 10.7. The SMILES string of the molecule is CCCOc1cc(Cl)sc1C(=O)O. The van der Waals surface area contributed by atoms with Crippen LogP contribution in [0.25, 0.3) is 0 Å². The molecule has 0 bridgehead atoms. The lowest BCUT2D eigenvalue weighted by Crippen LogP contribution is -1.99. The van der Waals surface area contributed by atoms with Crippen molar-refractivity contribution in [3.8, 4) is 5.75 Å². The lowest BCUT2D eigenvalue weighted by Gasteiger charge is -2.01. The highest BCUT2D eigenvalue weighted by atomic mass is 35.5. The highest BCUT2D eigenvalue weighted by Gasteiger charge is 2.15. The number of hydrogen-bond donors (Lipinski definition) is 1. The number of carbonyl (C=O) groups is 1. The van der Waals surface area contributed by atoms with Gasteiger partial charge in [0.15, 0.2) is 4.88 Å². The van der Waals surface area contributed by atoms with Crippen molar-refractivity contribution >= 4 is 28.9 Å². The van der Waals surface area contributed by atoms with Crippen LogP contribution in [0, 0.1) is 0 Å². The summed E-state index contributed by atoms with van der Waals surface area (Å²) in [6.45, 7) is 2.46. The molecule has 1 heterocycles. The van der Waals surface area contributed by atoms with Crippen LogP contribution in [-0.4, -0.2) is 17.7 Å². The summed E-state index contributed by atoms with van der Waals surface area (Å²) in [4.78, 5) is 10.8. The second kappa shape index (κ2) is 4.48. The molecule has 0 unspecified atom stereocenters. The molecular formula is C8H9ClO3S. The molecule has 0 spiro atoms. The van der Waals surface area contributed by atoms with Gasteiger partial charge in [0.05, 0.1) is 10.9 Å². The van der Waals surface area contributed by atoms with Gasteiger partial charge in [0.2, 0.25) is 0 Å². The van der Waals surface area contributed by atoms with Gasteiger partial charge in [0.25, 0.3) is 0 Å². The van der Waals surface area contributed by atoms with Gasteiger partial charge in [-0.3, -0.25) is 0 Å². The van der Waals surface area contributed by atoms with Crippen LogP contribution in [0.1, 0.15) is 23.0 Å². The van der Waals surface area contributed by atoms with Gasteiger partial charge >= 0.3 is 5.97 Å². The summed E-state index contributed by atoms with van der Waals surface area (Å²) in [5.74, 6) is -0.632. The van der Waals surface area contributed by atoms with Crippen molar-refractivity contribution < 1.29 is 14.6 Å². The second-order valence-corrected chi connectivity index (χ2v) is 4.08. The third kappa shape index (κ3) is 2.60. The molecule has 0 radical (unpaired) electrons. The number of aromatic carboxylic acids is 1. The van der Waals surface area contributed by atoms with Gasteiger partial charge in [-0.05, 0) is 6.42 Å². The summed E-state index contributed by atoms with van der Waals surface area (Å²) in [5, 5.41) is 8.75. The minimum Gasteiger partial charge on any atom is -0.492 e. The van der Waals surface area contributed by atoms with Crippen molar-refractivity contribution in [1.82, 2.24) is 0 Å². The van der Waals surface area contributed by atoms with Crippen molar-refractivity contribution in [1.29, 1.82) is 0 Å². The highest BCUT2D eigenvalue weighted by molar-refractivity contribution is 7.18. The molecule has 1 aromatic heterocycles. The van der Waals surface area contributed by atoms with Gasteiger partial charge in [0.1, 0.15) is 5.75 Å². The van der Waals surface area contributed by atoms with Crippen molar-refractivity contribution in [3.05, 3.63) is 15.3 Å². The summed E-state index contributed by atoms with van der Waals surface area (Å²) >= 11 is 6.68. The van der Waals surface area contributed by atoms with Gasteiger partial charge in [-0.1, -0.05) is 18.5 Å². The topological polar surface area (TPSA) is 46.5 Å². The van der Waals surface area contributed by atoms with E-state index in [9.17, 15) is 4.79 Å². The number of hydrogen-bond acceptors (Lipinski definition) is 3.